The van der Waals surface area contributed by atoms with Gasteiger partial charge in [-0.2, -0.15) is 0 Å². The summed E-state index contributed by atoms with van der Waals surface area (Å²) in [4.78, 5) is 12.1. The topological polar surface area (TPSA) is 52.3 Å². The normalized spacial score (nSPS) is 18.7. The van der Waals surface area contributed by atoms with Gasteiger partial charge < -0.3 is 10.5 Å². The molecule has 1 fully saturated rings. The summed E-state index contributed by atoms with van der Waals surface area (Å²) in [6.07, 6.45) is 0.453. The number of hydrogen-bond acceptors (Lipinski definition) is 3. The lowest BCUT2D eigenvalue weighted by Gasteiger charge is -2.31. The minimum Gasteiger partial charge on any atom is -0.381 e. The van der Waals surface area contributed by atoms with Crippen LogP contribution < -0.4 is 5.73 Å². The minimum atomic E-state index is -1.66. The first-order chi connectivity index (χ1) is 8.46. The van der Waals surface area contributed by atoms with Crippen molar-refractivity contribution < 1.29 is 22.7 Å². The Balaban J connectivity index is 2.37. The van der Waals surface area contributed by atoms with Gasteiger partial charge >= 0.3 is 0 Å². The number of Topliss-reactive ketones (excluding diaryl/α,β-unsaturated/α-hetero) is 1. The van der Waals surface area contributed by atoms with Crippen LogP contribution in [0.1, 0.15) is 23.2 Å². The first kappa shape index (κ1) is 13.0. The van der Waals surface area contributed by atoms with Crippen molar-refractivity contribution in [2.45, 2.75) is 18.4 Å². The highest BCUT2D eigenvalue weighted by Gasteiger charge is 2.38. The molecule has 0 saturated carbocycles. The molecule has 0 radical (unpaired) electrons. The molecule has 0 bridgehead atoms. The predicted octanol–water partition coefficient (Wildman–Crippen LogP) is 1.79. The van der Waals surface area contributed by atoms with Crippen LogP contribution in [0.4, 0.5) is 13.2 Å². The number of carbonyl (C=O) groups excluding carboxylic acids is 1. The van der Waals surface area contributed by atoms with E-state index in [4.69, 9.17) is 10.5 Å². The molecule has 2 N–H and O–H groups in total. The molecule has 2 rings (SSSR count). The third kappa shape index (κ3) is 2.13. The van der Waals surface area contributed by atoms with E-state index in [1.807, 2.05) is 0 Å². The third-order valence-electron chi connectivity index (χ3n) is 3.12. The Hall–Kier alpha value is -1.40. The largest absolute Gasteiger partial charge is 0.381 e. The van der Waals surface area contributed by atoms with Gasteiger partial charge in [0.15, 0.2) is 23.2 Å². The van der Waals surface area contributed by atoms with Gasteiger partial charge in [0.05, 0.1) is 11.1 Å². The number of rotatable bonds is 2. The molecule has 1 aliphatic heterocycles. The van der Waals surface area contributed by atoms with Crippen molar-refractivity contribution in [3.05, 3.63) is 35.1 Å². The Bertz CT molecular complexity index is 484. The fourth-order valence-electron chi connectivity index (χ4n) is 1.93. The lowest BCUT2D eigenvalue weighted by atomic mass is 9.83. The molecule has 0 spiro atoms. The van der Waals surface area contributed by atoms with E-state index in [2.05, 4.69) is 0 Å². The van der Waals surface area contributed by atoms with E-state index < -0.39 is 34.3 Å². The summed E-state index contributed by atoms with van der Waals surface area (Å²) in [5.74, 6) is -5.20. The molecule has 98 valence electrons. The van der Waals surface area contributed by atoms with Crippen molar-refractivity contribution in [3.8, 4) is 0 Å². The van der Waals surface area contributed by atoms with E-state index in [0.29, 0.717) is 6.07 Å². The van der Waals surface area contributed by atoms with Gasteiger partial charge in [-0.25, -0.2) is 13.2 Å². The van der Waals surface area contributed by atoms with Crippen LogP contribution in [-0.4, -0.2) is 24.5 Å². The summed E-state index contributed by atoms with van der Waals surface area (Å²) in [6.45, 7) is 0.571. The van der Waals surface area contributed by atoms with Crippen LogP contribution in [0.2, 0.25) is 0 Å². The number of ketones is 1. The summed E-state index contributed by atoms with van der Waals surface area (Å²) in [5.41, 5.74) is 4.09. The van der Waals surface area contributed by atoms with Gasteiger partial charge in [0, 0.05) is 13.2 Å². The molecule has 0 unspecified atom stereocenters. The molecular formula is C12H12F3NO2. The molecule has 0 aliphatic carbocycles. The van der Waals surface area contributed by atoms with E-state index in [1.54, 1.807) is 0 Å². The van der Waals surface area contributed by atoms with Gasteiger partial charge in [0.1, 0.15) is 0 Å². The lowest BCUT2D eigenvalue weighted by Crippen LogP contribution is -2.52. The monoisotopic (exact) mass is 259 g/mol. The summed E-state index contributed by atoms with van der Waals surface area (Å²) in [5, 5.41) is 0. The number of hydrogen-bond donors (Lipinski definition) is 1. The second-order valence-electron chi connectivity index (χ2n) is 4.32. The molecule has 18 heavy (non-hydrogen) atoms. The number of nitrogens with two attached hydrogens (primary N) is 1. The van der Waals surface area contributed by atoms with E-state index in [0.717, 1.165) is 6.07 Å². The summed E-state index contributed by atoms with van der Waals surface area (Å²) < 4.78 is 44.4. The number of halogens is 3. The number of ether oxygens (including phenoxy) is 1. The van der Waals surface area contributed by atoms with Crippen LogP contribution in [0, 0.1) is 17.5 Å². The molecule has 3 nitrogen and oxygen atoms in total. The van der Waals surface area contributed by atoms with Crippen molar-refractivity contribution in [1.29, 1.82) is 0 Å². The van der Waals surface area contributed by atoms with Crippen LogP contribution in [0.3, 0.4) is 0 Å². The maximum Gasteiger partial charge on any atom is 0.195 e. The van der Waals surface area contributed by atoms with Crippen LogP contribution >= 0.6 is 0 Å². The molecule has 0 amide bonds. The SMILES string of the molecule is NC1(C(=O)c2ccc(F)c(F)c2F)CCOCC1. The standard InChI is InChI=1S/C12H12F3NO2/c13-8-2-1-7(9(14)10(8)15)11(17)12(16)3-5-18-6-4-12/h1-2H,3-6,16H2. The molecular weight excluding hydrogens is 247 g/mol. The first-order valence-electron chi connectivity index (χ1n) is 5.50. The average molecular weight is 259 g/mol. The molecule has 1 saturated heterocycles. The molecule has 6 heteroatoms. The van der Waals surface area contributed by atoms with Crippen molar-refractivity contribution in [2.24, 2.45) is 5.73 Å². The van der Waals surface area contributed by atoms with Gasteiger partial charge in [-0.05, 0) is 25.0 Å². The Morgan fingerprint density at radius 1 is 1.17 bits per heavy atom. The van der Waals surface area contributed by atoms with Gasteiger partial charge in [-0.1, -0.05) is 0 Å². The fraction of sp³-hybridized carbons (Fsp3) is 0.417. The number of benzene rings is 1. The van der Waals surface area contributed by atoms with Crippen LogP contribution in [-0.2, 0) is 4.74 Å². The fourth-order valence-corrected chi connectivity index (χ4v) is 1.93. The molecule has 0 atom stereocenters. The third-order valence-corrected chi connectivity index (χ3v) is 3.12. The number of carbonyl (C=O) groups is 1. The summed E-state index contributed by atoms with van der Waals surface area (Å²) >= 11 is 0. The highest BCUT2D eigenvalue weighted by molar-refractivity contribution is 6.03. The highest BCUT2D eigenvalue weighted by atomic mass is 19.2. The zero-order chi connectivity index (χ0) is 13.3. The Morgan fingerprint density at radius 2 is 1.78 bits per heavy atom. The summed E-state index contributed by atoms with van der Waals surface area (Å²) in [6, 6.07) is 1.63. The van der Waals surface area contributed by atoms with Crippen LogP contribution in [0.15, 0.2) is 12.1 Å². The zero-order valence-corrected chi connectivity index (χ0v) is 9.51. The second kappa shape index (κ2) is 4.70. The second-order valence-corrected chi connectivity index (χ2v) is 4.32. The Labute approximate surface area is 102 Å². The van der Waals surface area contributed by atoms with E-state index in [1.165, 1.54) is 0 Å². The van der Waals surface area contributed by atoms with E-state index in [-0.39, 0.29) is 26.1 Å². The van der Waals surface area contributed by atoms with Crippen molar-refractivity contribution in [3.63, 3.8) is 0 Å². The Kier molecular flexibility index (Phi) is 3.41. The summed E-state index contributed by atoms with van der Waals surface area (Å²) in [7, 11) is 0. The maximum atomic E-state index is 13.5. The van der Waals surface area contributed by atoms with Crippen LogP contribution in [0.5, 0.6) is 0 Å². The zero-order valence-electron chi connectivity index (χ0n) is 9.51. The highest BCUT2D eigenvalue weighted by Crippen LogP contribution is 2.25. The first-order valence-corrected chi connectivity index (χ1v) is 5.50. The van der Waals surface area contributed by atoms with Gasteiger partial charge in [-0.3, -0.25) is 4.79 Å². The van der Waals surface area contributed by atoms with Crippen LogP contribution in [0.25, 0.3) is 0 Å². The average Bonchev–Trinajstić information content (AvgIpc) is 2.36. The van der Waals surface area contributed by atoms with Gasteiger partial charge in [0.25, 0.3) is 0 Å². The molecule has 0 aromatic heterocycles. The molecule has 1 aliphatic rings. The van der Waals surface area contributed by atoms with Crippen molar-refractivity contribution in [2.75, 3.05) is 13.2 Å². The predicted molar refractivity (Wildman–Crippen MR) is 57.6 cm³/mol. The van der Waals surface area contributed by atoms with Crippen molar-refractivity contribution in [1.82, 2.24) is 0 Å². The van der Waals surface area contributed by atoms with E-state index in [9.17, 15) is 18.0 Å². The Morgan fingerprint density at radius 3 is 2.39 bits per heavy atom. The van der Waals surface area contributed by atoms with E-state index >= 15 is 0 Å². The maximum absolute atomic E-state index is 13.5. The molecule has 1 aromatic carbocycles. The van der Waals surface area contributed by atoms with Gasteiger partial charge in [-0.15, -0.1) is 0 Å². The lowest BCUT2D eigenvalue weighted by molar-refractivity contribution is 0.0444. The minimum absolute atomic E-state index is 0.226. The molecule has 1 aromatic rings. The van der Waals surface area contributed by atoms with Crippen molar-refractivity contribution >= 4 is 5.78 Å². The molecule has 1 heterocycles. The smallest absolute Gasteiger partial charge is 0.195 e. The van der Waals surface area contributed by atoms with Gasteiger partial charge in [0.2, 0.25) is 0 Å². The quantitative estimate of drug-likeness (QED) is 0.650.